The van der Waals surface area contributed by atoms with Gasteiger partial charge in [0.05, 0.1) is 0 Å². The fraction of sp³-hybridized carbons (Fsp3) is 0.0667. The third kappa shape index (κ3) is 4.32. The van der Waals surface area contributed by atoms with Crippen LogP contribution >= 0.6 is 12.2 Å². The molecule has 2 aromatic carbocycles. The van der Waals surface area contributed by atoms with Crippen LogP contribution in [0, 0.1) is 11.6 Å². The van der Waals surface area contributed by atoms with Crippen molar-refractivity contribution in [2.45, 2.75) is 6.92 Å². The minimum atomic E-state index is -0.695. The standard InChI is InChI=1S/C15H12F2N2OS/c1-9(20)10-3-2-4-13(5-10)18-15(21)19-14-7-11(16)6-12(17)8-14/h2-8H,1H3,(H2,18,19,21). The zero-order chi connectivity index (χ0) is 15.4. The first-order chi connectivity index (χ1) is 9.94. The summed E-state index contributed by atoms with van der Waals surface area (Å²) in [4.78, 5) is 11.3. The first-order valence-corrected chi connectivity index (χ1v) is 6.50. The molecular weight excluding hydrogens is 294 g/mol. The van der Waals surface area contributed by atoms with Gasteiger partial charge in [-0.1, -0.05) is 12.1 Å². The number of Topliss-reactive ketones (excluding diaryl/α,β-unsaturated/α-hetero) is 1. The summed E-state index contributed by atoms with van der Waals surface area (Å²) in [6, 6.07) is 9.80. The van der Waals surface area contributed by atoms with Gasteiger partial charge in [-0.2, -0.15) is 0 Å². The number of ketones is 1. The van der Waals surface area contributed by atoms with Crippen molar-refractivity contribution in [3.8, 4) is 0 Å². The lowest BCUT2D eigenvalue weighted by atomic mass is 10.1. The first-order valence-electron chi connectivity index (χ1n) is 6.09. The third-order valence-electron chi connectivity index (χ3n) is 2.65. The summed E-state index contributed by atoms with van der Waals surface area (Å²) in [6.07, 6.45) is 0. The van der Waals surface area contributed by atoms with E-state index in [1.165, 1.54) is 6.92 Å². The van der Waals surface area contributed by atoms with Gasteiger partial charge in [0, 0.05) is 23.0 Å². The zero-order valence-corrected chi connectivity index (χ0v) is 11.9. The fourth-order valence-electron chi connectivity index (χ4n) is 1.74. The summed E-state index contributed by atoms with van der Waals surface area (Å²) in [5.41, 5.74) is 1.35. The average Bonchev–Trinajstić information content (AvgIpc) is 2.37. The number of rotatable bonds is 3. The second kappa shape index (κ2) is 6.41. The Bertz CT molecular complexity index is 684. The van der Waals surface area contributed by atoms with Crippen LogP contribution in [-0.4, -0.2) is 10.9 Å². The highest BCUT2D eigenvalue weighted by Gasteiger charge is 2.05. The van der Waals surface area contributed by atoms with E-state index in [1.54, 1.807) is 24.3 Å². The molecule has 0 spiro atoms. The predicted octanol–water partition coefficient (Wildman–Crippen LogP) is 3.98. The molecule has 108 valence electrons. The second-order valence-electron chi connectivity index (χ2n) is 4.37. The van der Waals surface area contributed by atoms with Gasteiger partial charge in [-0.3, -0.25) is 4.79 Å². The van der Waals surface area contributed by atoms with Crippen LogP contribution in [0.4, 0.5) is 20.2 Å². The van der Waals surface area contributed by atoms with Gasteiger partial charge < -0.3 is 10.6 Å². The van der Waals surface area contributed by atoms with Crippen molar-refractivity contribution in [3.63, 3.8) is 0 Å². The smallest absolute Gasteiger partial charge is 0.175 e. The summed E-state index contributed by atoms with van der Waals surface area (Å²) in [6.45, 7) is 1.46. The molecule has 0 heterocycles. The number of benzene rings is 2. The Hall–Kier alpha value is -2.34. The number of thiocarbonyl (C=S) groups is 1. The Labute approximate surface area is 126 Å². The molecule has 0 bridgehead atoms. The van der Waals surface area contributed by atoms with Crippen molar-refractivity contribution < 1.29 is 13.6 Å². The van der Waals surface area contributed by atoms with Crippen LogP contribution in [0.25, 0.3) is 0 Å². The van der Waals surface area contributed by atoms with E-state index in [2.05, 4.69) is 10.6 Å². The molecule has 2 aromatic rings. The molecule has 0 aliphatic rings. The number of carbonyl (C=O) groups is 1. The predicted molar refractivity (Wildman–Crippen MR) is 82.6 cm³/mol. The Morgan fingerprint density at radius 2 is 1.62 bits per heavy atom. The summed E-state index contributed by atoms with van der Waals surface area (Å²) in [5, 5.41) is 5.69. The average molecular weight is 306 g/mol. The van der Waals surface area contributed by atoms with Crippen molar-refractivity contribution in [2.75, 3.05) is 10.6 Å². The van der Waals surface area contributed by atoms with Gasteiger partial charge in [-0.25, -0.2) is 8.78 Å². The van der Waals surface area contributed by atoms with Crippen LogP contribution in [0.3, 0.4) is 0 Å². The Balaban J connectivity index is 2.08. The van der Waals surface area contributed by atoms with Crippen molar-refractivity contribution in [1.29, 1.82) is 0 Å². The minimum absolute atomic E-state index is 0.0651. The number of hydrogen-bond donors (Lipinski definition) is 2. The molecule has 0 aromatic heterocycles. The van der Waals surface area contributed by atoms with Crippen LogP contribution in [0.15, 0.2) is 42.5 Å². The van der Waals surface area contributed by atoms with Crippen LogP contribution in [0.5, 0.6) is 0 Å². The molecule has 0 atom stereocenters. The number of halogens is 2. The van der Waals surface area contributed by atoms with E-state index < -0.39 is 11.6 Å². The van der Waals surface area contributed by atoms with Gasteiger partial charge in [0.15, 0.2) is 10.9 Å². The highest BCUT2D eigenvalue weighted by molar-refractivity contribution is 7.80. The topological polar surface area (TPSA) is 41.1 Å². The Morgan fingerprint density at radius 1 is 1.00 bits per heavy atom. The lowest BCUT2D eigenvalue weighted by molar-refractivity contribution is 0.101. The number of nitrogens with one attached hydrogen (secondary N) is 2. The summed E-state index contributed by atoms with van der Waals surface area (Å²) in [7, 11) is 0. The number of anilines is 2. The van der Waals surface area contributed by atoms with E-state index in [-0.39, 0.29) is 16.6 Å². The van der Waals surface area contributed by atoms with Crippen LogP contribution in [-0.2, 0) is 0 Å². The van der Waals surface area contributed by atoms with Gasteiger partial charge in [0.2, 0.25) is 0 Å². The van der Waals surface area contributed by atoms with E-state index in [0.717, 1.165) is 18.2 Å². The van der Waals surface area contributed by atoms with Crippen LogP contribution < -0.4 is 10.6 Å². The summed E-state index contributed by atoms with van der Waals surface area (Å²) in [5.74, 6) is -1.46. The van der Waals surface area contributed by atoms with E-state index in [4.69, 9.17) is 12.2 Å². The second-order valence-corrected chi connectivity index (χ2v) is 4.78. The molecule has 0 aliphatic heterocycles. The van der Waals surface area contributed by atoms with Gasteiger partial charge >= 0.3 is 0 Å². The number of carbonyl (C=O) groups excluding carboxylic acids is 1. The molecular formula is C15H12F2N2OS. The molecule has 0 aliphatic carbocycles. The maximum atomic E-state index is 13.1. The van der Waals surface area contributed by atoms with E-state index in [9.17, 15) is 13.6 Å². The van der Waals surface area contributed by atoms with Crippen molar-refractivity contribution >= 4 is 34.5 Å². The van der Waals surface area contributed by atoms with Crippen LogP contribution in [0.1, 0.15) is 17.3 Å². The molecule has 2 rings (SSSR count). The number of hydrogen-bond acceptors (Lipinski definition) is 2. The minimum Gasteiger partial charge on any atom is -0.332 e. The van der Waals surface area contributed by atoms with Gasteiger partial charge in [-0.15, -0.1) is 0 Å². The monoisotopic (exact) mass is 306 g/mol. The molecule has 0 amide bonds. The van der Waals surface area contributed by atoms with E-state index in [0.29, 0.717) is 11.3 Å². The SMILES string of the molecule is CC(=O)c1cccc(NC(=S)Nc2cc(F)cc(F)c2)c1. The van der Waals surface area contributed by atoms with Crippen LogP contribution in [0.2, 0.25) is 0 Å². The van der Waals surface area contributed by atoms with Gasteiger partial charge in [-0.05, 0) is 43.4 Å². The fourth-order valence-corrected chi connectivity index (χ4v) is 1.97. The maximum Gasteiger partial charge on any atom is 0.175 e. The largest absolute Gasteiger partial charge is 0.332 e. The van der Waals surface area contributed by atoms with Crippen molar-refractivity contribution in [3.05, 3.63) is 59.7 Å². The molecule has 0 fully saturated rings. The van der Waals surface area contributed by atoms with E-state index >= 15 is 0 Å². The lowest BCUT2D eigenvalue weighted by Crippen LogP contribution is -2.19. The Kier molecular flexibility index (Phi) is 4.59. The summed E-state index contributed by atoms with van der Waals surface area (Å²) < 4.78 is 26.1. The molecule has 2 N–H and O–H groups in total. The van der Waals surface area contributed by atoms with E-state index in [1.807, 2.05) is 0 Å². The van der Waals surface area contributed by atoms with Crippen molar-refractivity contribution in [2.24, 2.45) is 0 Å². The molecule has 3 nitrogen and oxygen atoms in total. The maximum absolute atomic E-state index is 13.1. The Morgan fingerprint density at radius 3 is 2.24 bits per heavy atom. The van der Waals surface area contributed by atoms with Crippen molar-refractivity contribution in [1.82, 2.24) is 0 Å². The highest BCUT2D eigenvalue weighted by atomic mass is 32.1. The summed E-state index contributed by atoms with van der Waals surface area (Å²) >= 11 is 5.06. The molecule has 6 heteroatoms. The van der Waals surface area contributed by atoms with Gasteiger partial charge in [0.25, 0.3) is 0 Å². The zero-order valence-electron chi connectivity index (χ0n) is 11.1. The highest BCUT2D eigenvalue weighted by Crippen LogP contribution is 2.15. The molecule has 0 unspecified atom stereocenters. The lowest BCUT2D eigenvalue weighted by Gasteiger charge is -2.11. The molecule has 0 saturated carbocycles. The first kappa shape index (κ1) is 15.1. The third-order valence-corrected chi connectivity index (χ3v) is 2.85. The van der Waals surface area contributed by atoms with Gasteiger partial charge in [0.1, 0.15) is 11.6 Å². The quantitative estimate of drug-likeness (QED) is 0.665. The normalized spacial score (nSPS) is 10.0. The molecule has 0 radical (unpaired) electrons. The molecule has 0 saturated heterocycles. The molecule has 21 heavy (non-hydrogen) atoms.